The number of nitrogens with zero attached hydrogens (tertiary/aromatic N) is 3. The third-order valence-corrected chi connectivity index (χ3v) is 4.83. The van der Waals surface area contributed by atoms with Crippen LogP contribution >= 0.6 is 0 Å². The highest BCUT2D eigenvalue weighted by Gasteiger charge is 2.27. The lowest BCUT2D eigenvalue weighted by Crippen LogP contribution is -2.28. The molecule has 1 N–H and O–H groups in total. The third-order valence-electron chi connectivity index (χ3n) is 4.83. The van der Waals surface area contributed by atoms with Crippen LogP contribution in [0.3, 0.4) is 0 Å². The van der Waals surface area contributed by atoms with E-state index >= 15 is 0 Å². The van der Waals surface area contributed by atoms with E-state index in [4.69, 9.17) is 4.74 Å². The first-order valence-electron chi connectivity index (χ1n) is 9.32. The molecule has 1 aromatic heterocycles. The number of aryl methyl sites for hydroxylation is 1. The molecule has 1 amide bonds. The van der Waals surface area contributed by atoms with Crippen LogP contribution in [0.1, 0.15) is 39.8 Å². The zero-order valence-corrected chi connectivity index (χ0v) is 15.3. The summed E-state index contributed by atoms with van der Waals surface area (Å²) >= 11 is 0. The van der Waals surface area contributed by atoms with E-state index in [1.165, 1.54) is 17.7 Å². The van der Waals surface area contributed by atoms with E-state index in [2.05, 4.69) is 27.8 Å². The van der Waals surface area contributed by atoms with Crippen LogP contribution in [0.4, 0.5) is 4.39 Å². The zero-order valence-electron chi connectivity index (χ0n) is 15.3. The Morgan fingerprint density at radius 2 is 1.96 bits per heavy atom. The van der Waals surface area contributed by atoms with Gasteiger partial charge in [-0.1, -0.05) is 47.7 Å². The zero-order chi connectivity index (χ0) is 19.3. The van der Waals surface area contributed by atoms with Crippen LogP contribution in [-0.2, 0) is 24.3 Å². The number of hydrogen-bond acceptors (Lipinski definition) is 4. The van der Waals surface area contributed by atoms with Crippen molar-refractivity contribution in [3.8, 4) is 0 Å². The van der Waals surface area contributed by atoms with Gasteiger partial charge in [-0.05, 0) is 36.1 Å². The molecule has 0 spiro atoms. The Hall–Kier alpha value is -3.06. The molecule has 0 aliphatic carbocycles. The number of carbonyl (C=O) groups is 1. The highest BCUT2D eigenvalue weighted by atomic mass is 19.1. The second-order valence-electron chi connectivity index (χ2n) is 6.76. The summed E-state index contributed by atoms with van der Waals surface area (Å²) in [6, 6.07) is 16.4. The summed E-state index contributed by atoms with van der Waals surface area (Å²) in [5.74, 6) is -0.523. The van der Waals surface area contributed by atoms with Crippen molar-refractivity contribution in [1.29, 1.82) is 0 Å². The van der Waals surface area contributed by atoms with E-state index in [1.54, 1.807) is 16.8 Å². The van der Waals surface area contributed by atoms with E-state index in [0.29, 0.717) is 24.5 Å². The van der Waals surface area contributed by atoms with Crippen molar-refractivity contribution >= 4 is 5.91 Å². The first-order valence-corrected chi connectivity index (χ1v) is 9.32. The fourth-order valence-corrected chi connectivity index (χ4v) is 3.29. The van der Waals surface area contributed by atoms with Gasteiger partial charge in [0.15, 0.2) is 5.69 Å². The van der Waals surface area contributed by atoms with Crippen molar-refractivity contribution in [2.24, 2.45) is 0 Å². The Kier molecular flexibility index (Phi) is 5.43. The number of halogens is 1. The molecule has 2 aromatic carbocycles. The largest absolute Gasteiger partial charge is 0.365 e. The minimum Gasteiger partial charge on any atom is -0.365 e. The molecule has 3 aromatic rings. The van der Waals surface area contributed by atoms with E-state index in [0.717, 1.165) is 18.4 Å². The van der Waals surface area contributed by atoms with Crippen molar-refractivity contribution in [3.05, 3.63) is 82.9 Å². The van der Waals surface area contributed by atoms with Gasteiger partial charge in [0.05, 0.1) is 18.8 Å². The smallest absolute Gasteiger partial charge is 0.273 e. The second kappa shape index (κ2) is 8.31. The number of fused-ring (bicyclic) bond motifs is 1. The number of carbonyl (C=O) groups excluding carboxylic acids is 1. The average molecular weight is 380 g/mol. The topological polar surface area (TPSA) is 69.0 Å². The molecule has 144 valence electrons. The molecular formula is C21H21FN4O2. The van der Waals surface area contributed by atoms with Crippen LogP contribution in [0.2, 0.25) is 0 Å². The molecule has 0 saturated heterocycles. The molecule has 1 aliphatic rings. The maximum Gasteiger partial charge on any atom is 0.273 e. The summed E-state index contributed by atoms with van der Waals surface area (Å²) in [4.78, 5) is 12.5. The van der Waals surface area contributed by atoms with Gasteiger partial charge < -0.3 is 10.1 Å². The molecular weight excluding hydrogens is 359 g/mol. The van der Waals surface area contributed by atoms with E-state index in [9.17, 15) is 9.18 Å². The van der Waals surface area contributed by atoms with Crippen molar-refractivity contribution in [2.75, 3.05) is 6.54 Å². The molecule has 2 heterocycles. The number of nitrogens with one attached hydrogen (secondary N) is 1. The summed E-state index contributed by atoms with van der Waals surface area (Å²) in [6.07, 6.45) is 1.52. The summed E-state index contributed by atoms with van der Waals surface area (Å²) in [6.45, 7) is 1.25. The molecule has 1 aliphatic heterocycles. The number of aromatic nitrogens is 3. The number of amides is 1. The van der Waals surface area contributed by atoms with Crippen LogP contribution in [0, 0.1) is 5.82 Å². The van der Waals surface area contributed by atoms with Gasteiger partial charge in [0.2, 0.25) is 0 Å². The number of rotatable bonds is 6. The normalized spacial score (nSPS) is 15.8. The molecule has 0 fully saturated rings. The molecule has 1 atom stereocenters. The molecule has 0 saturated carbocycles. The van der Waals surface area contributed by atoms with Gasteiger partial charge in [-0.2, -0.15) is 0 Å². The lowest BCUT2D eigenvalue weighted by atomic mass is 10.1. The number of benzene rings is 2. The van der Waals surface area contributed by atoms with Crippen molar-refractivity contribution < 1.29 is 13.9 Å². The highest BCUT2D eigenvalue weighted by molar-refractivity contribution is 5.93. The minimum atomic E-state index is -0.285. The Morgan fingerprint density at radius 1 is 1.18 bits per heavy atom. The first kappa shape index (κ1) is 18.3. The number of hydrogen-bond donors (Lipinski definition) is 1. The molecule has 6 nitrogen and oxygen atoms in total. The lowest BCUT2D eigenvalue weighted by molar-refractivity contribution is -0.00180. The number of ether oxygens (including phenoxy) is 1. The summed E-state index contributed by atoms with van der Waals surface area (Å²) < 4.78 is 20.6. The maximum absolute atomic E-state index is 13.1. The Bertz CT molecular complexity index is 941. The van der Waals surface area contributed by atoms with Gasteiger partial charge in [-0.3, -0.25) is 4.79 Å². The first-order chi connectivity index (χ1) is 13.7. The summed E-state index contributed by atoms with van der Waals surface area (Å²) in [5, 5.41) is 11.0. The van der Waals surface area contributed by atoms with Gasteiger partial charge in [0.1, 0.15) is 11.9 Å². The highest BCUT2D eigenvalue weighted by Crippen LogP contribution is 2.27. The fraction of sp³-hybridized carbons (Fsp3) is 0.286. The van der Waals surface area contributed by atoms with E-state index in [-0.39, 0.29) is 24.4 Å². The van der Waals surface area contributed by atoms with Crippen LogP contribution in [-0.4, -0.2) is 27.4 Å². The molecule has 0 radical (unpaired) electrons. The Balaban J connectivity index is 1.33. The van der Waals surface area contributed by atoms with Gasteiger partial charge in [-0.15, -0.1) is 5.10 Å². The predicted octanol–water partition coefficient (Wildman–Crippen LogP) is 3.05. The molecule has 0 bridgehead atoms. The quantitative estimate of drug-likeness (QED) is 0.668. The van der Waals surface area contributed by atoms with Crippen LogP contribution < -0.4 is 5.32 Å². The molecule has 4 rings (SSSR count). The van der Waals surface area contributed by atoms with Crippen molar-refractivity contribution in [1.82, 2.24) is 20.3 Å². The molecule has 28 heavy (non-hydrogen) atoms. The standard InChI is InChI=1S/C21H21FN4O2/c22-17-10-8-16(9-11-17)19-13-26-18(14-28-19)20(24-25-26)21(27)23-12-4-7-15-5-2-1-3-6-15/h1-3,5-6,8-11,19H,4,7,12-14H2,(H,23,27). The fourth-order valence-electron chi connectivity index (χ4n) is 3.29. The lowest BCUT2D eigenvalue weighted by Gasteiger charge is -2.24. The van der Waals surface area contributed by atoms with E-state index in [1.807, 2.05) is 18.2 Å². The monoisotopic (exact) mass is 380 g/mol. The summed E-state index contributed by atoms with van der Waals surface area (Å²) in [5.41, 5.74) is 3.09. The predicted molar refractivity (Wildman–Crippen MR) is 101 cm³/mol. The van der Waals surface area contributed by atoms with Crippen LogP contribution in [0.15, 0.2) is 54.6 Å². The van der Waals surface area contributed by atoms with Crippen LogP contribution in [0.25, 0.3) is 0 Å². The Labute approximate surface area is 162 Å². The minimum absolute atomic E-state index is 0.238. The SMILES string of the molecule is O=C(NCCCc1ccccc1)c1nnn2c1COC(c1ccc(F)cc1)C2. The van der Waals surface area contributed by atoms with Gasteiger partial charge >= 0.3 is 0 Å². The van der Waals surface area contributed by atoms with E-state index < -0.39 is 0 Å². The average Bonchev–Trinajstić information content (AvgIpc) is 3.16. The van der Waals surface area contributed by atoms with Gasteiger partial charge in [-0.25, -0.2) is 9.07 Å². The molecule has 1 unspecified atom stereocenters. The summed E-state index contributed by atoms with van der Waals surface area (Å²) in [7, 11) is 0. The Morgan fingerprint density at radius 3 is 2.75 bits per heavy atom. The van der Waals surface area contributed by atoms with Gasteiger partial charge in [0.25, 0.3) is 5.91 Å². The van der Waals surface area contributed by atoms with Crippen molar-refractivity contribution in [2.45, 2.75) is 32.1 Å². The third kappa shape index (κ3) is 4.09. The second-order valence-corrected chi connectivity index (χ2v) is 6.76. The maximum atomic E-state index is 13.1. The van der Waals surface area contributed by atoms with Crippen molar-refractivity contribution in [3.63, 3.8) is 0 Å². The van der Waals surface area contributed by atoms with Crippen LogP contribution in [0.5, 0.6) is 0 Å². The molecule has 7 heteroatoms. The van der Waals surface area contributed by atoms with Gasteiger partial charge in [0, 0.05) is 6.54 Å².